The third-order valence-corrected chi connectivity index (χ3v) is 5.38. The molecule has 0 radical (unpaired) electrons. The molecule has 3 rings (SSSR count). The first kappa shape index (κ1) is 14.9. The Balaban J connectivity index is 0.000000639. The van der Waals surface area contributed by atoms with Crippen LogP contribution in [0, 0.1) is 11.3 Å². The average Bonchev–Trinajstić information content (AvgIpc) is 2.47. The summed E-state index contributed by atoms with van der Waals surface area (Å²) < 4.78 is 0. The van der Waals surface area contributed by atoms with Crippen LogP contribution in [-0.4, -0.2) is 0 Å². The van der Waals surface area contributed by atoms with Crippen molar-refractivity contribution in [3.05, 3.63) is 23.3 Å². The highest BCUT2D eigenvalue weighted by Gasteiger charge is 2.47. The van der Waals surface area contributed by atoms with Crippen LogP contribution in [0.2, 0.25) is 0 Å². The van der Waals surface area contributed by atoms with Gasteiger partial charge in [0.15, 0.2) is 0 Å². The van der Waals surface area contributed by atoms with Gasteiger partial charge in [-0.25, -0.2) is 0 Å². The van der Waals surface area contributed by atoms with E-state index in [2.05, 4.69) is 19.1 Å². The summed E-state index contributed by atoms with van der Waals surface area (Å²) in [6, 6.07) is 0. The number of fused-ring (bicyclic) bond motifs is 2. The van der Waals surface area contributed by atoms with E-state index in [0.29, 0.717) is 5.41 Å². The van der Waals surface area contributed by atoms with Crippen LogP contribution >= 0.6 is 0 Å². The molecule has 0 nitrogen and oxygen atoms in total. The first-order valence-electron chi connectivity index (χ1n) is 8.74. The lowest BCUT2D eigenvalue weighted by atomic mass is 9.52. The van der Waals surface area contributed by atoms with E-state index in [1.807, 2.05) is 13.8 Å². The minimum absolute atomic E-state index is 0. The molecule has 0 bridgehead atoms. The van der Waals surface area contributed by atoms with Gasteiger partial charge in [0.1, 0.15) is 0 Å². The van der Waals surface area contributed by atoms with Crippen molar-refractivity contribution in [2.24, 2.45) is 11.3 Å². The van der Waals surface area contributed by atoms with Crippen molar-refractivity contribution in [1.82, 2.24) is 0 Å². The maximum absolute atomic E-state index is 2.56. The molecule has 0 saturated heterocycles. The highest BCUT2D eigenvalue weighted by atomic mass is 14.5. The topological polar surface area (TPSA) is 0 Å². The third kappa shape index (κ3) is 2.98. The Morgan fingerprint density at radius 1 is 1.16 bits per heavy atom. The molecule has 0 aromatic carbocycles. The molecule has 0 aromatic heterocycles. The van der Waals surface area contributed by atoms with E-state index in [9.17, 15) is 0 Å². The molecule has 0 aliphatic heterocycles. The average molecular weight is 262 g/mol. The zero-order valence-electron chi connectivity index (χ0n) is 13.3. The highest BCUT2D eigenvalue weighted by molar-refractivity contribution is 5.49. The molecule has 2 saturated carbocycles. The molecular weight excluding hydrogens is 228 g/mol. The standard InChI is InChI=1S/C17H26.C2H6.H2/c1-2-3-6-14-9-11-17(12-10-14)13-15-7-4-5-8-16(15)17;1-2;/h7-8,14H,2-6,9-13H2,1H3;1-2H3;1H. The van der Waals surface area contributed by atoms with E-state index < -0.39 is 0 Å². The summed E-state index contributed by atoms with van der Waals surface area (Å²) in [5.74, 6) is 1.05. The van der Waals surface area contributed by atoms with Crippen LogP contribution in [0.25, 0.3) is 0 Å². The summed E-state index contributed by atoms with van der Waals surface area (Å²) >= 11 is 0. The molecular formula is C19H34. The van der Waals surface area contributed by atoms with Gasteiger partial charge >= 0.3 is 0 Å². The van der Waals surface area contributed by atoms with Crippen LogP contribution < -0.4 is 0 Å². The number of allylic oxidation sites excluding steroid dienone is 4. The van der Waals surface area contributed by atoms with Crippen LogP contribution in [0.5, 0.6) is 0 Å². The van der Waals surface area contributed by atoms with Gasteiger partial charge in [-0.05, 0) is 67.4 Å². The molecule has 0 amide bonds. The van der Waals surface area contributed by atoms with Crippen LogP contribution in [0.3, 0.4) is 0 Å². The molecule has 19 heavy (non-hydrogen) atoms. The van der Waals surface area contributed by atoms with Crippen LogP contribution in [0.1, 0.15) is 86.4 Å². The lowest BCUT2D eigenvalue weighted by Gasteiger charge is -2.52. The summed E-state index contributed by atoms with van der Waals surface area (Å²) in [6.07, 6.45) is 19.4. The second kappa shape index (κ2) is 6.77. The zero-order valence-corrected chi connectivity index (χ0v) is 13.3. The Morgan fingerprint density at radius 3 is 2.47 bits per heavy atom. The van der Waals surface area contributed by atoms with Gasteiger partial charge in [0, 0.05) is 1.43 Å². The van der Waals surface area contributed by atoms with Gasteiger partial charge in [-0.1, -0.05) is 52.2 Å². The summed E-state index contributed by atoms with van der Waals surface area (Å²) in [7, 11) is 0. The first-order valence-corrected chi connectivity index (χ1v) is 8.74. The summed E-state index contributed by atoms with van der Waals surface area (Å²) in [6.45, 7) is 6.32. The zero-order chi connectivity index (χ0) is 13.7. The Kier molecular flexibility index (Phi) is 5.30. The van der Waals surface area contributed by atoms with Gasteiger partial charge in [-0.3, -0.25) is 0 Å². The lowest BCUT2D eigenvalue weighted by Crippen LogP contribution is -2.39. The van der Waals surface area contributed by atoms with Gasteiger partial charge in [0.05, 0.1) is 0 Å². The minimum Gasteiger partial charge on any atom is -0.0807 e. The quantitative estimate of drug-likeness (QED) is 0.532. The fourth-order valence-electron chi connectivity index (χ4n) is 4.26. The fraction of sp³-hybridized carbons (Fsp3) is 0.789. The maximum Gasteiger partial charge on any atom is 0 e. The molecule has 1 spiro atoms. The van der Waals surface area contributed by atoms with Crippen LogP contribution in [-0.2, 0) is 0 Å². The normalized spacial score (nSPS) is 32.5. The smallest absolute Gasteiger partial charge is 0 e. The van der Waals surface area contributed by atoms with Gasteiger partial charge in [-0.2, -0.15) is 0 Å². The molecule has 0 aromatic rings. The van der Waals surface area contributed by atoms with Crippen molar-refractivity contribution in [2.75, 3.05) is 0 Å². The predicted octanol–water partition coefficient (Wildman–Crippen LogP) is 6.68. The van der Waals surface area contributed by atoms with E-state index >= 15 is 0 Å². The Morgan fingerprint density at radius 2 is 1.84 bits per heavy atom. The van der Waals surface area contributed by atoms with Crippen molar-refractivity contribution in [2.45, 2.75) is 85.0 Å². The Bertz CT molecular complexity index is 343. The molecule has 0 heterocycles. The largest absolute Gasteiger partial charge is 0.0807 e. The van der Waals surface area contributed by atoms with E-state index in [1.165, 1.54) is 64.2 Å². The number of rotatable bonds is 3. The Labute approximate surface area is 121 Å². The molecule has 2 fully saturated rings. The van der Waals surface area contributed by atoms with Gasteiger partial charge in [0.2, 0.25) is 0 Å². The van der Waals surface area contributed by atoms with Crippen molar-refractivity contribution >= 4 is 0 Å². The molecule has 0 heteroatoms. The second-order valence-electron chi connectivity index (χ2n) is 6.47. The molecule has 0 N–H and O–H groups in total. The summed E-state index contributed by atoms with van der Waals surface area (Å²) in [5.41, 5.74) is 4.15. The van der Waals surface area contributed by atoms with Gasteiger partial charge in [0.25, 0.3) is 0 Å². The molecule has 3 aliphatic carbocycles. The highest BCUT2D eigenvalue weighted by Crippen LogP contribution is 2.60. The molecule has 110 valence electrons. The summed E-state index contributed by atoms with van der Waals surface area (Å²) in [5, 5.41) is 0. The monoisotopic (exact) mass is 262 g/mol. The molecule has 3 aliphatic rings. The minimum atomic E-state index is 0. The first-order chi connectivity index (χ1) is 9.34. The summed E-state index contributed by atoms with van der Waals surface area (Å²) in [4.78, 5) is 0. The van der Waals surface area contributed by atoms with Crippen LogP contribution in [0.15, 0.2) is 23.3 Å². The van der Waals surface area contributed by atoms with E-state index in [1.54, 1.807) is 11.1 Å². The van der Waals surface area contributed by atoms with Crippen molar-refractivity contribution in [1.29, 1.82) is 0 Å². The predicted molar refractivity (Wildman–Crippen MR) is 87.4 cm³/mol. The fourth-order valence-corrected chi connectivity index (χ4v) is 4.26. The second-order valence-corrected chi connectivity index (χ2v) is 6.47. The van der Waals surface area contributed by atoms with Gasteiger partial charge < -0.3 is 0 Å². The van der Waals surface area contributed by atoms with E-state index in [-0.39, 0.29) is 1.43 Å². The molecule has 0 unspecified atom stereocenters. The number of hydrogen-bond acceptors (Lipinski definition) is 0. The van der Waals surface area contributed by atoms with Crippen LogP contribution in [0.4, 0.5) is 0 Å². The maximum atomic E-state index is 2.56. The van der Waals surface area contributed by atoms with E-state index in [0.717, 1.165) is 5.92 Å². The van der Waals surface area contributed by atoms with Gasteiger partial charge in [-0.15, -0.1) is 0 Å². The number of unbranched alkanes of at least 4 members (excludes halogenated alkanes) is 1. The van der Waals surface area contributed by atoms with Crippen molar-refractivity contribution in [3.63, 3.8) is 0 Å². The Hall–Kier alpha value is -0.520. The third-order valence-electron chi connectivity index (χ3n) is 5.38. The van der Waals surface area contributed by atoms with Crippen molar-refractivity contribution in [3.8, 4) is 0 Å². The lowest BCUT2D eigenvalue weighted by molar-refractivity contribution is 0.151. The van der Waals surface area contributed by atoms with E-state index in [4.69, 9.17) is 0 Å². The molecule has 0 atom stereocenters. The van der Waals surface area contributed by atoms with Crippen molar-refractivity contribution < 1.29 is 1.43 Å². The SMILES string of the molecule is CC.CCCCC1CCC2(CC1)CC1=CCCC=C12.[HH]. The number of hydrogen-bond donors (Lipinski definition) is 0.